The number of allylic oxidation sites excluding steroid dienone is 2. The van der Waals surface area contributed by atoms with Gasteiger partial charge in [0.05, 0.1) is 0 Å². The molecule has 216 valence electrons. The Morgan fingerprint density at radius 2 is 1.28 bits per heavy atom. The van der Waals surface area contributed by atoms with Crippen molar-refractivity contribution in [2.45, 2.75) is 102 Å². The van der Waals surface area contributed by atoms with E-state index in [0.29, 0.717) is 12.8 Å². The Labute approximate surface area is 259 Å². The molecule has 0 aliphatic rings. The summed E-state index contributed by atoms with van der Waals surface area (Å²) in [5, 5.41) is 50.2. The molecule has 0 aliphatic heterocycles. The molecule has 0 aliphatic carbocycles. The Kier molecular flexibility index (Phi) is 28.6. The Morgan fingerprint density at radius 1 is 0.744 bits per heavy atom. The van der Waals surface area contributed by atoms with Gasteiger partial charge in [-0.25, -0.2) is 9.59 Å². The Morgan fingerprint density at radius 3 is 1.72 bits per heavy atom. The quantitative estimate of drug-likeness (QED) is 0.0469. The van der Waals surface area contributed by atoms with Crippen molar-refractivity contribution in [3.63, 3.8) is 0 Å². The summed E-state index contributed by atoms with van der Waals surface area (Å²) in [5.41, 5.74) is 0. The summed E-state index contributed by atoms with van der Waals surface area (Å²) in [4.78, 5) is 57.3. The number of carbonyl (C=O) groups excluding carboxylic acids is 2. The number of aliphatic carboxylic acids is 4. The first-order valence-corrected chi connectivity index (χ1v) is 12.6. The molecule has 12 nitrogen and oxygen atoms in total. The van der Waals surface area contributed by atoms with Crippen LogP contribution in [0.25, 0.3) is 0 Å². The van der Waals surface area contributed by atoms with Crippen molar-refractivity contribution in [3.05, 3.63) is 25.3 Å². The Balaban J connectivity index is -0.000000648. The fourth-order valence-electron chi connectivity index (χ4n) is 3.02. The van der Waals surface area contributed by atoms with Crippen LogP contribution in [0.15, 0.2) is 30.3 Å². The minimum atomic E-state index is -1.35. The molecule has 0 radical (unpaired) electrons. The summed E-state index contributed by atoms with van der Waals surface area (Å²) < 4.78 is 0. The largest absolute Gasteiger partial charge is 2.00 e. The number of carboxylic acids is 4. The third kappa shape index (κ3) is 28.4. The van der Waals surface area contributed by atoms with E-state index in [4.69, 9.17) is 15.3 Å². The molecule has 0 spiro atoms. The van der Waals surface area contributed by atoms with E-state index < -0.39 is 48.3 Å². The van der Waals surface area contributed by atoms with Crippen LogP contribution in [0.3, 0.4) is 0 Å². The molecular formula is C26H40CaN2O10. The maximum atomic E-state index is 11.5. The maximum absolute atomic E-state index is 11.5. The zero-order valence-electron chi connectivity index (χ0n) is 22.5. The van der Waals surface area contributed by atoms with E-state index in [1.807, 2.05) is 6.08 Å². The number of nitrogens with one attached hydrogen (secondary N) is 1. The summed E-state index contributed by atoms with van der Waals surface area (Å²) in [6.45, 7) is 7.18. The molecule has 0 aromatic carbocycles. The van der Waals surface area contributed by atoms with Gasteiger partial charge in [0.1, 0.15) is 12.1 Å². The second-order valence-corrected chi connectivity index (χ2v) is 8.45. The van der Waals surface area contributed by atoms with E-state index in [0.717, 1.165) is 38.5 Å². The Hall–Kier alpha value is -2.44. The van der Waals surface area contributed by atoms with E-state index in [-0.39, 0.29) is 75.7 Å². The molecule has 0 fully saturated rings. The minimum absolute atomic E-state index is 0. The van der Waals surface area contributed by atoms with Crippen LogP contribution in [-0.4, -0.2) is 101 Å². The van der Waals surface area contributed by atoms with Crippen LogP contribution in [0.2, 0.25) is 0 Å². The zero-order chi connectivity index (χ0) is 29.3. The van der Waals surface area contributed by atoms with E-state index in [1.54, 1.807) is 6.08 Å². The number of carboxylic acid groups (broad SMARTS) is 4. The standard InChI is InChI=1S/2C13H21NO5.Ca/c2*1-2-3-4-5-6-7-11(15)14-10(13(18)19)8-9-12(16)17;/h2*2,10H,1,3-9H2,(H,14,15)(H,16,17)(H,18,19);/q;;+2/p-2/t2*10-;/m00./s1. The van der Waals surface area contributed by atoms with Gasteiger partial charge in [-0.05, 0) is 70.1 Å². The van der Waals surface area contributed by atoms with Crippen LogP contribution in [0.4, 0.5) is 0 Å². The number of hydrogen-bond donors (Lipinski definition) is 4. The van der Waals surface area contributed by atoms with Crippen molar-refractivity contribution >= 4 is 73.4 Å². The second kappa shape index (κ2) is 27.1. The monoisotopic (exact) mass is 580 g/mol. The molecule has 2 atom stereocenters. The first-order chi connectivity index (χ1) is 17.9. The van der Waals surface area contributed by atoms with Gasteiger partial charge in [-0.15, -0.1) is 13.2 Å². The van der Waals surface area contributed by atoms with Gasteiger partial charge >= 0.3 is 55.6 Å². The van der Waals surface area contributed by atoms with Gasteiger partial charge in [-0.3, -0.25) is 14.6 Å². The van der Waals surface area contributed by atoms with Crippen LogP contribution < -0.4 is 15.5 Å². The summed E-state index contributed by atoms with van der Waals surface area (Å²) in [6.07, 6.45) is 9.76. The van der Waals surface area contributed by atoms with Crippen molar-refractivity contribution in [2.24, 2.45) is 4.99 Å². The van der Waals surface area contributed by atoms with E-state index in [9.17, 15) is 34.2 Å². The van der Waals surface area contributed by atoms with Crippen molar-refractivity contribution in [1.82, 2.24) is 5.32 Å². The van der Waals surface area contributed by atoms with Crippen molar-refractivity contribution in [2.75, 3.05) is 0 Å². The van der Waals surface area contributed by atoms with Crippen molar-refractivity contribution in [1.29, 1.82) is 0 Å². The molecule has 0 bridgehead atoms. The third-order valence-corrected chi connectivity index (χ3v) is 5.10. The maximum Gasteiger partial charge on any atom is 2.00 e. The number of amides is 1. The topological polar surface area (TPSA) is 217 Å². The number of carbonyl (C=O) groups is 5. The Bertz CT molecular complexity index is 802. The summed E-state index contributed by atoms with van der Waals surface area (Å²) in [6, 6.07) is -2.42. The average molecular weight is 581 g/mol. The van der Waals surface area contributed by atoms with Gasteiger partial charge in [0.25, 0.3) is 0 Å². The van der Waals surface area contributed by atoms with E-state index >= 15 is 0 Å². The predicted octanol–water partition coefficient (Wildman–Crippen LogP) is 1.04. The number of aliphatic imine (C=N–C) groups is 1. The summed E-state index contributed by atoms with van der Waals surface area (Å²) in [7, 11) is 0. The number of hydrogen-bond acceptors (Lipinski definition) is 8. The first kappa shape index (κ1) is 41.0. The van der Waals surface area contributed by atoms with Gasteiger partial charge in [0, 0.05) is 18.8 Å². The van der Waals surface area contributed by atoms with Crippen LogP contribution in [0.5, 0.6) is 0 Å². The van der Waals surface area contributed by atoms with E-state index in [2.05, 4.69) is 23.5 Å². The number of nitrogens with zero attached hydrogens (tertiary/aromatic N) is 1. The zero-order valence-corrected chi connectivity index (χ0v) is 24.7. The van der Waals surface area contributed by atoms with Gasteiger partial charge in [-0.2, -0.15) is 0 Å². The normalized spacial score (nSPS) is 11.9. The first-order valence-electron chi connectivity index (χ1n) is 12.6. The van der Waals surface area contributed by atoms with Crippen LogP contribution >= 0.6 is 0 Å². The molecule has 0 aromatic heterocycles. The van der Waals surface area contributed by atoms with Crippen LogP contribution in [0, 0.1) is 0 Å². The number of rotatable bonds is 22. The second-order valence-electron chi connectivity index (χ2n) is 8.45. The van der Waals surface area contributed by atoms with Crippen LogP contribution in [-0.2, 0) is 24.0 Å². The van der Waals surface area contributed by atoms with E-state index in [1.165, 1.54) is 0 Å². The molecule has 4 N–H and O–H groups in total. The fourth-order valence-corrected chi connectivity index (χ4v) is 3.02. The van der Waals surface area contributed by atoms with Gasteiger partial charge in [-0.1, -0.05) is 25.0 Å². The van der Waals surface area contributed by atoms with Crippen molar-refractivity contribution < 1.29 is 49.5 Å². The fraction of sp³-hybridized carbons (Fsp3) is 0.615. The third-order valence-electron chi connectivity index (χ3n) is 5.10. The summed E-state index contributed by atoms with van der Waals surface area (Å²) in [5.74, 6) is -5.77. The molecule has 0 unspecified atom stereocenters. The predicted molar refractivity (Wildman–Crippen MR) is 142 cm³/mol. The molecule has 1 amide bonds. The van der Waals surface area contributed by atoms with Crippen LogP contribution in [0.1, 0.15) is 89.9 Å². The molecule has 0 saturated heterocycles. The summed E-state index contributed by atoms with van der Waals surface area (Å²) >= 11 is 0. The van der Waals surface area contributed by atoms with Gasteiger partial charge < -0.3 is 35.6 Å². The van der Waals surface area contributed by atoms with Crippen molar-refractivity contribution in [3.8, 4) is 0 Å². The van der Waals surface area contributed by atoms with Gasteiger partial charge in [0.2, 0.25) is 5.91 Å². The minimum Gasteiger partial charge on any atom is -0.862 e. The molecule has 0 rings (SSSR count). The van der Waals surface area contributed by atoms with Gasteiger partial charge in [0.15, 0.2) is 0 Å². The molecular weight excluding hydrogens is 540 g/mol. The average Bonchev–Trinajstić information content (AvgIpc) is 2.83. The molecule has 39 heavy (non-hydrogen) atoms. The molecule has 0 saturated carbocycles. The molecule has 0 heterocycles. The number of unbranched alkanes of at least 4 members (excludes halogenated alkanes) is 6. The molecule has 13 heteroatoms. The SMILES string of the molecule is C=CCCCCCC(=O)N[C@@H](CCC(=O)O)C(=O)O.C=CCCCCCC([O-])=N[C@@H](CCC(=O)[O-])C(=O)O.[Ca+2]. The molecule has 0 aromatic rings. The smallest absolute Gasteiger partial charge is 0.862 e.